The summed E-state index contributed by atoms with van der Waals surface area (Å²) in [6.45, 7) is 6.57. The molecule has 2 N–H and O–H groups in total. The monoisotopic (exact) mass is 286 g/mol. The van der Waals surface area contributed by atoms with Crippen molar-refractivity contribution in [3.8, 4) is 0 Å². The van der Waals surface area contributed by atoms with Gasteiger partial charge in [-0.05, 0) is 48.8 Å². The zero-order chi connectivity index (χ0) is 15.2. The van der Waals surface area contributed by atoms with Crippen molar-refractivity contribution in [2.75, 3.05) is 0 Å². The SMILES string of the molecule is CC(C)(C)c1ccc(C(=O)N2C3CCC2CC(N)C3)cc1. The Bertz CT molecular complexity index is 515. The summed E-state index contributed by atoms with van der Waals surface area (Å²) in [6, 6.07) is 9.13. The van der Waals surface area contributed by atoms with E-state index < -0.39 is 0 Å². The molecule has 2 aliphatic rings. The first-order valence-electron chi connectivity index (χ1n) is 8.05. The van der Waals surface area contributed by atoms with Crippen LogP contribution in [0.4, 0.5) is 0 Å². The molecule has 2 fully saturated rings. The molecule has 2 unspecified atom stereocenters. The van der Waals surface area contributed by atoms with E-state index in [1.165, 1.54) is 5.56 Å². The number of fused-ring (bicyclic) bond motifs is 2. The predicted molar refractivity (Wildman–Crippen MR) is 85.3 cm³/mol. The highest BCUT2D eigenvalue weighted by Crippen LogP contribution is 2.36. The van der Waals surface area contributed by atoms with Gasteiger partial charge in [0.1, 0.15) is 0 Å². The van der Waals surface area contributed by atoms with Crippen molar-refractivity contribution in [3.63, 3.8) is 0 Å². The van der Waals surface area contributed by atoms with Crippen LogP contribution in [0.5, 0.6) is 0 Å². The summed E-state index contributed by atoms with van der Waals surface area (Å²) in [5, 5.41) is 0. The molecule has 3 rings (SSSR count). The third kappa shape index (κ3) is 2.71. The molecule has 0 saturated carbocycles. The Kier molecular flexibility index (Phi) is 3.56. The van der Waals surface area contributed by atoms with Gasteiger partial charge in [-0.3, -0.25) is 4.79 Å². The quantitative estimate of drug-likeness (QED) is 0.862. The minimum absolute atomic E-state index is 0.124. The number of nitrogens with two attached hydrogens (primary N) is 1. The molecule has 2 heterocycles. The van der Waals surface area contributed by atoms with Crippen LogP contribution in [0, 0.1) is 0 Å². The van der Waals surface area contributed by atoms with E-state index in [-0.39, 0.29) is 17.4 Å². The van der Waals surface area contributed by atoms with Gasteiger partial charge in [-0.1, -0.05) is 32.9 Å². The predicted octanol–water partition coefficient (Wildman–Crippen LogP) is 3.08. The molecule has 3 nitrogen and oxygen atoms in total. The number of benzene rings is 1. The van der Waals surface area contributed by atoms with Crippen molar-refractivity contribution in [1.29, 1.82) is 0 Å². The second-order valence-electron chi connectivity index (χ2n) is 7.66. The third-order valence-electron chi connectivity index (χ3n) is 5.00. The average Bonchev–Trinajstić information content (AvgIpc) is 2.69. The van der Waals surface area contributed by atoms with E-state index in [2.05, 4.69) is 37.8 Å². The zero-order valence-electron chi connectivity index (χ0n) is 13.3. The van der Waals surface area contributed by atoms with Crippen LogP contribution < -0.4 is 5.73 Å². The van der Waals surface area contributed by atoms with Crippen molar-refractivity contribution in [2.45, 2.75) is 70.0 Å². The van der Waals surface area contributed by atoms with Gasteiger partial charge in [0.25, 0.3) is 5.91 Å². The van der Waals surface area contributed by atoms with E-state index in [1.54, 1.807) is 0 Å². The van der Waals surface area contributed by atoms with Crippen LogP contribution in [-0.2, 0) is 5.41 Å². The lowest BCUT2D eigenvalue weighted by molar-refractivity contribution is 0.0575. The summed E-state index contributed by atoms with van der Waals surface area (Å²) in [4.78, 5) is 14.9. The van der Waals surface area contributed by atoms with Crippen LogP contribution in [0.2, 0.25) is 0 Å². The van der Waals surface area contributed by atoms with Gasteiger partial charge in [0.2, 0.25) is 0 Å². The highest BCUT2D eigenvalue weighted by atomic mass is 16.2. The summed E-state index contributed by atoms with van der Waals surface area (Å²) in [5.41, 5.74) is 8.29. The van der Waals surface area contributed by atoms with E-state index in [1.807, 2.05) is 12.1 Å². The second kappa shape index (κ2) is 5.13. The van der Waals surface area contributed by atoms with Crippen LogP contribution in [0.15, 0.2) is 24.3 Å². The number of amides is 1. The van der Waals surface area contributed by atoms with Gasteiger partial charge < -0.3 is 10.6 Å². The summed E-state index contributed by atoms with van der Waals surface area (Å²) in [7, 11) is 0. The fourth-order valence-electron chi connectivity index (χ4n) is 3.81. The second-order valence-corrected chi connectivity index (χ2v) is 7.66. The number of carbonyl (C=O) groups excluding carboxylic acids is 1. The van der Waals surface area contributed by atoms with Gasteiger partial charge in [-0.2, -0.15) is 0 Å². The van der Waals surface area contributed by atoms with Crippen LogP contribution >= 0.6 is 0 Å². The highest BCUT2D eigenvalue weighted by molar-refractivity contribution is 5.95. The van der Waals surface area contributed by atoms with E-state index >= 15 is 0 Å². The number of hydrogen-bond donors (Lipinski definition) is 1. The maximum Gasteiger partial charge on any atom is 0.254 e. The Morgan fingerprint density at radius 1 is 1.10 bits per heavy atom. The molecular formula is C18H26N2O. The lowest BCUT2D eigenvalue weighted by atomic mass is 9.86. The van der Waals surface area contributed by atoms with E-state index in [0.29, 0.717) is 12.1 Å². The first-order chi connectivity index (χ1) is 9.86. The number of rotatable bonds is 1. The molecular weight excluding hydrogens is 260 g/mol. The van der Waals surface area contributed by atoms with Crippen LogP contribution in [-0.4, -0.2) is 28.9 Å². The fourth-order valence-corrected chi connectivity index (χ4v) is 3.81. The van der Waals surface area contributed by atoms with Crippen LogP contribution in [0.3, 0.4) is 0 Å². The Balaban J connectivity index is 1.80. The van der Waals surface area contributed by atoms with Gasteiger partial charge >= 0.3 is 0 Å². The standard InChI is InChI=1S/C18H26N2O/c1-18(2,3)13-6-4-12(5-7-13)17(21)20-15-8-9-16(20)11-14(19)10-15/h4-7,14-16H,8-11,19H2,1-3H3. The van der Waals surface area contributed by atoms with E-state index in [9.17, 15) is 4.79 Å². The number of hydrogen-bond acceptors (Lipinski definition) is 2. The maximum absolute atomic E-state index is 12.8. The first-order valence-corrected chi connectivity index (χ1v) is 8.05. The summed E-state index contributed by atoms with van der Waals surface area (Å²) < 4.78 is 0. The molecule has 2 atom stereocenters. The lowest BCUT2D eigenvalue weighted by Gasteiger charge is -2.37. The van der Waals surface area contributed by atoms with Gasteiger partial charge in [-0.15, -0.1) is 0 Å². The molecule has 21 heavy (non-hydrogen) atoms. The Morgan fingerprint density at radius 3 is 2.10 bits per heavy atom. The fraction of sp³-hybridized carbons (Fsp3) is 0.611. The molecule has 1 aromatic carbocycles. The summed E-state index contributed by atoms with van der Waals surface area (Å²) in [6.07, 6.45) is 4.15. The largest absolute Gasteiger partial charge is 0.333 e. The van der Waals surface area contributed by atoms with Crippen molar-refractivity contribution in [3.05, 3.63) is 35.4 Å². The van der Waals surface area contributed by atoms with E-state index in [0.717, 1.165) is 31.2 Å². The summed E-state index contributed by atoms with van der Waals surface area (Å²) in [5.74, 6) is 0.190. The molecule has 3 heteroatoms. The number of nitrogens with zero attached hydrogens (tertiary/aromatic N) is 1. The molecule has 2 saturated heterocycles. The lowest BCUT2D eigenvalue weighted by Crippen LogP contribution is -2.50. The molecule has 1 amide bonds. The van der Waals surface area contributed by atoms with Crippen molar-refractivity contribution < 1.29 is 4.79 Å². The van der Waals surface area contributed by atoms with Crippen LogP contribution in [0.25, 0.3) is 0 Å². The van der Waals surface area contributed by atoms with Gasteiger partial charge in [0.15, 0.2) is 0 Å². The van der Waals surface area contributed by atoms with Gasteiger partial charge in [0.05, 0.1) is 0 Å². The number of carbonyl (C=O) groups is 1. The molecule has 0 radical (unpaired) electrons. The molecule has 0 aliphatic carbocycles. The molecule has 114 valence electrons. The molecule has 0 aromatic heterocycles. The number of piperidine rings is 1. The van der Waals surface area contributed by atoms with Gasteiger partial charge in [0, 0.05) is 23.7 Å². The average molecular weight is 286 g/mol. The highest BCUT2D eigenvalue weighted by Gasteiger charge is 2.42. The first kappa shape index (κ1) is 14.6. The van der Waals surface area contributed by atoms with Crippen molar-refractivity contribution >= 4 is 5.91 Å². The minimum atomic E-state index is 0.124. The Morgan fingerprint density at radius 2 is 1.62 bits per heavy atom. The maximum atomic E-state index is 12.8. The minimum Gasteiger partial charge on any atom is -0.333 e. The summed E-state index contributed by atoms with van der Waals surface area (Å²) >= 11 is 0. The molecule has 2 aliphatic heterocycles. The smallest absolute Gasteiger partial charge is 0.254 e. The molecule has 1 aromatic rings. The molecule has 2 bridgehead atoms. The third-order valence-corrected chi connectivity index (χ3v) is 5.00. The zero-order valence-corrected chi connectivity index (χ0v) is 13.3. The van der Waals surface area contributed by atoms with Crippen LogP contribution in [0.1, 0.15) is 62.4 Å². The Labute approximate surface area is 127 Å². The van der Waals surface area contributed by atoms with Crippen molar-refractivity contribution in [1.82, 2.24) is 4.90 Å². The Hall–Kier alpha value is -1.35. The molecule has 0 spiro atoms. The van der Waals surface area contributed by atoms with Crippen molar-refractivity contribution in [2.24, 2.45) is 5.73 Å². The van der Waals surface area contributed by atoms with E-state index in [4.69, 9.17) is 5.73 Å². The topological polar surface area (TPSA) is 46.3 Å². The normalized spacial score (nSPS) is 28.8. The van der Waals surface area contributed by atoms with Gasteiger partial charge in [-0.25, -0.2) is 0 Å².